The SMILES string of the molecule is CCN(CC)CCNC(=O)c1ccc(-c2ccccc2)nc1C. The Morgan fingerprint density at radius 2 is 1.78 bits per heavy atom. The van der Waals surface area contributed by atoms with Crippen molar-refractivity contribution in [1.82, 2.24) is 15.2 Å². The van der Waals surface area contributed by atoms with Crippen molar-refractivity contribution in [3.63, 3.8) is 0 Å². The second-order valence-corrected chi connectivity index (χ2v) is 5.48. The molecular weight excluding hydrogens is 286 g/mol. The van der Waals surface area contributed by atoms with Crippen molar-refractivity contribution >= 4 is 5.91 Å². The molecule has 0 saturated heterocycles. The van der Waals surface area contributed by atoms with E-state index < -0.39 is 0 Å². The molecule has 2 rings (SSSR count). The van der Waals surface area contributed by atoms with Gasteiger partial charge in [-0.05, 0) is 32.1 Å². The van der Waals surface area contributed by atoms with Crippen LogP contribution in [0, 0.1) is 6.92 Å². The zero-order chi connectivity index (χ0) is 16.7. The monoisotopic (exact) mass is 311 g/mol. The maximum absolute atomic E-state index is 12.3. The Hall–Kier alpha value is -2.20. The quantitative estimate of drug-likeness (QED) is 0.854. The van der Waals surface area contributed by atoms with Crippen LogP contribution >= 0.6 is 0 Å². The van der Waals surface area contributed by atoms with Crippen LogP contribution in [0.5, 0.6) is 0 Å². The topological polar surface area (TPSA) is 45.2 Å². The molecule has 2 aromatic rings. The predicted octanol–water partition coefficient (Wildman–Crippen LogP) is 3.13. The second-order valence-electron chi connectivity index (χ2n) is 5.48. The van der Waals surface area contributed by atoms with Crippen LogP contribution in [0.3, 0.4) is 0 Å². The van der Waals surface area contributed by atoms with Crippen molar-refractivity contribution in [2.24, 2.45) is 0 Å². The lowest BCUT2D eigenvalue weighted by atomic mass is 10.1. The summed E-state index contributed by atoms with van der Waals surface area (Å²) in [6.07, 6.45) is 0. The third kappa shape index (κ3) is 4.63. The molecule has 4 heteroatoms. The summed E-state index contributed by atoms with van der Waals surface area (Å²) < 4.78 is 0. The fraction of sp³-hybridized carbons (Fsp3) is 0.368. The number of nitrogens with zero attached hydrogens (tertiary/aromatic N) is 2. The van der Waals surface area contributed by atoms with E-state index in [1.807, 2.05) is 49.4 Å². The normalized spacial score (nSPS) is 10.8. The van der Waals surface area contributed by atoms with Crippen LogP contribution in [0.15, 0.2) is 42.5 Å². The van der Waals surface area contributed by atoms with E-state index in [9.17, 15) is 4.79 Å². The molecule has 0 radical (unpaired) electrons. The van der Waals surface area contributed by atoms with Crippen molar-refractivity contribution in [2.45, 2.75) is 20.8 Å². The minimum absolute atomic E-state index is 0.0539. The van der Waals surface area contributed by atoms with Gasteiger partial charge in [0.1, 0.15) is 0 Å². The maximum Gasteiger partial charge on any atom is 0.253 e. The van der Waals surface area contributed by atoms with Crippen LogP contribution in [-0.4, -0.2) is 42.0 Å². The number of aromatic nitrogens is 1. The highest BCUT2D eigenvalue weighted by Gasteiger charge is 2.11. The van der Waals surface area contributed by atoms with E-state index in [-0.39, 0.29) is 5.91 Å². The number of amides is 1. The van der Waals surface area contributed by atoms with Crippen LogP contribution in [0.4, 0.5) is 0 Å². The van der Waals surface area contributed by atoms with Gasteiger partial charge in [-0.2, -0.15) is 0 Å². The summed E-state index contributed by atoms with van der Waals surface area (Å²) in [6.45, 7) is 9.65. The third-order valence-corrected chi connectivity index (χ3v) is 4.01. The summed E-state index contributed by atoms with van der Waals surface area (Å²) in [5, 5.41) is 2.98. The highest BCUT2D eigenvalue weighted by molar-refractivity contribution is 5.95. The lowest BCUT2D eigenvalue weighted by Gasteiger charge is -2.18. The fourth-order valence-electron chi connectivity index (χ4n) is 2.53. The molecule has 0 aliphatic heterocycles. The average molecular weight is 311 g/mol. The lowest BCUT2D eigenvalue weighted by molar-refractivity contribution is 0.0948. The smallest absolute Gasteiger partial charge is 0.253 e. The summed E-state index contributed by atoms with van der Waals surface area (Å²) in [7, 11) is 0. The average Bonchev–Trinajstić information content (AvgIpc) is 2.59. The number of carbonyl (C=O) groups excluding carboxylic acids is 1. The second kappa shape index (κ2) is 8.44. The fourth-order valence-corrected chi connectivity index (χ4v) is 2.53. The molecule has 1 aromatic carbocycles. The lowest BCUT2D eigenvalue weighted by Crippen LogP contribution is -2.35. The first-order valence-electron chi connectivity index (χ1n) is 8.19. The molecule has 0 unspecified atom stereocenters. The van der Waals surface area contributed by atoms with Crippen LogP contribution < -0.4 is 5.32 Å². The van der Waals surface area contributed by atoms with Gasteiger partial charge in [-0.3, -0.25) is 9.78 Å². The number of aryl methyl sites for hydroxylation is 1. The summed E-state index contributed by atoms with van der Waals surface area (Å²) in [4.78, 5) is 19.2. The van der Waals surface area contributed by atoms with Crippen molar-refractivity contribution in [1.29, 1.82) is 0 Å². The van der Waals surface area contributed by atoms with Gasteiger partial charge in [0.2, 0.25) is 0 Å². The molecule has 0 fully saturated rings. The zero-order valence-corrected chi connectivity index (χ0v) is 14.2. The molecule has 1 amide bonds. The molecule has 1 N–H and O–H groups in total. The summed E-state index contributed by atoms with van der Waals surface area (Å²) in [6, 6.07) is 13.8. The molecule has 0 aliphatic rings. The van der Waals surface area contributed by atoms with Gasteiger partial charge in [0, 0.05) is 18.7 Å². The molecule has 0 saturated carbocycles. The highest BCUT2D eigenvalue weighted by atomic mass is 16.1. The number of pyridine rings is 1. The Kier molecular flexibility index (Phi) is 6.29. The first-order chi connectivity index (χ1) is 11.2. The van der Waals surface area contributed by atoms with Gasteiger partial charge in [-0.25, -0.2) is 0 Å². The maximum atomic E-state index is 12.3. The molecular formula is C19H25N3O. The van der Waals surface area contributed by atoms with Crippen LogP contribution in [0.25, 0.3) is 11.3 Å². The largest absolute Gasteiger partial charge is 0.351 e. The van der Waals surface area contributed by atoms with Crippen molar-refractivity contribution in [3.05, 3.63) is 53.7 Å². The summed E-state index contributed by atoms with van der Waals surface area (Å²) in [5.41, 5.74) is 3.35. The Balaban J connectivity index is 2.01. The van der Waals surface area contributed by atoms with E-state index in [0.29, 0.717) is 12.1 Å². The van der Waals surface area contributed by atoms with Gasteiger partial charge >= 0.3 is 0 Å². The number of carbonyl (C=O) groups is 1. The minimum Gasteiger partial charge on any atom is -0.351 e. The van der Waals surface area contributed by atoms with Gasteiger partial charge < -0.3 is 10.2 Å². The number of hydrogen-bond donors (Lipinski definition) is 1. The van der Waals surface area contributed by atoms with E-state index in [2.05, 4.69) is 29.0 Å². The minimum atomic E-state index is -0.0539. The number of likely N-dealkylation sites (N-methyl/N-ethyl adjacent to an activating group) is 1. The number of hydrogen-bond acceptors (Lipinski definition) is 3. The zero-order valence-electron chi connectivity index (χ0n) is 14.2. The molecule has 1 aromatic heterocycles. The number of benzene rings is 1. The molecule has 4 nitrogen and oxygen atoms in total. The molecule has 0 bridgehead atoms. The van der Waals surface area contributed by atoms with E-state index in [1.165, 1.54) is 0 Å². The van der Waals surface area contributed by atoms with E-state index in [4.69, 9.17) is 0 Å². The van der Waals surface area contributed by atoms with Crippen LogP contribution in [0.2, 0.25) is 0 Å². The highest BCUT2D eigenvalue weighted by Crippen LogP contribution is 2.18. The van der Waals surface area contributed by atoms with E-state index in [1.54, 1.807) is 0 Å². The van der Waals surface area contributed by atoms with E-state index >= 15 is 0 Å². The van der Waals surface area contributed by atoms with Gasteiger partial charge in [0.25, 0.3) is 5.91 Å². The van der Waals surface area contributed by atoms with Gasteiger partial charge in [-0.15, -0.1) is 0 Å². The Bertz CT molecular complexity index is 636. The molecule has 122 valence electrons. The van der Waals surface area contributed by atoms with Gasteiger partial charge in [0.05, 0.1) is 17.0 Å². The van der Waals surface area contributed by atoms with E-state index in [0.717, 1.165) is 36.6 Å². The Morgan fingerprint density at radius 1 is 1.09 bits per heavy atom. The molecule has 0 aliphatic carbocycles. The number of rotatable bonds is 7. The van der Waals surface area contributed by atoms with Crippen molar-refractivity contribution in [3.8, 4) is 11.3 Å². The van der Waals surface area contributed by atoms with Gasteiger partial charge in [0.15, 0.2) is 0 Å². The molecule has 0 atom stereocenters. The Labute approximate surface area is 138 Å². The summed E-state index contributed by atoms with van der Waals surface area (Å²) in [5.74, 6) is -0.0539. The van der Waals surface area contributed by atoms with Crippen molar-refractivity contribution in [2.75, 3.05) is 26.2 Å². The van der Waals surface area contributed by atoms with Gasteiger partial charge in [-0.1, -0.05) is 44.2 Å². The van der Waals surface area contributed by atoms with Crippen LogP contribution in [0.1, 0.15) is 29.9 Å². The Morgan fingerprint density at radius 3 is 2.39 bits per heavy atom. The number of nitrogens with one attached hydrogen (secondary N) is 1. The van der Waals surface area contributed by atoms with Crippen molar-refractivity contribution < 1.29 is 4.79 Å². The first-order valence-corrected chi connectivity index (χ1v) is 8.19. The molecule has 1 heterocycles. The molecule has 0 spiro atoms. The standard InChI is InChI=1S/C19H25N3O/c1-4-22(5-2)14-13-20-19(23)17-11-12-18(21-15(17)3)16-9-7-6-8-10-16/h6-12H,4-5,13-14H2,1-3H3,(H,20,23). The predicted molar refractivity (Wildman–Crippen MR) is 94.5 cm³/mol. The third-order valence-electron chi connectivity index (χ3n) is 4.01. The molecule has 23 heavy (non-hydrogen) atoms. The summed E-state index contributed by atoms with van der Waals surface area (Å²) >= 11 is 0. The first kappa shape index (κ1) is 17.2. The van der Waals surface area contributed by atoms with Crippen LogP contribution in [-0.2, 0) is 0 Å².